The number of nitrogens with one attached hydrogen (secondary N) is 1. The first-order valence-electron chi connectivity index (χ1n) is 6.90. The summed E-state index contributed by atoms with van der Waals surface area (Å²) in [5.41, 5.74) is 0.728. The molecule has 0 heterocycles. The van der Waals surface area contributed by atoms with Crippen LogP contribution in [0, 0.1) is 0 Å². The van der Waals surface area contributed by atoms with E-state index < -0.39 is 0 Å². The molecule has 4 heteroatoms. The van der Waals surface area contributed by atoms with Gasteiger partial charge in [0, 0.05) is 17.6 Å². The molecular formula is C15H25BrN2O. The zero-order valence-electron chi connectivity index (χ0n) is 12.1. The van der Waals surface area contributed by atoms with Crippen molar-refractivity contribution in [1.29, 1.82) is 0 Å². The third-order valence-electron chi connectivity index (χ3n) is 3.64. The molecule has 19 heavy (non-hydrogen) atoms. The first-order chi connectivity index (χ1) is 9.05. The predicted octanol–water partition coefficient (Wildman–Crippen LogP) is 2.59. The maximum atomic E-state index is 9.70. The molecule has 3 nitrogen and oxygen atoms in total. The molecular weight excluding hydrogens is 304 g/mol. The minimum Gasteiger partial charge on any atom is -0.394 e. The molecule has 0 fully saturated rings. The van der Waals surface area contributed by atoms with Gasteiger partial charge in [-0.2, -0.15) is 0 Å². The molecule has 1 unspecified atom stereocenters. The average molecular weight is 329 g/mol. The molecule has 0 aliphatic carbocycles. The van der Waals surface area contributed by atoms with Crippen LogP contribution in [-0.4, -0.2) is 42.8 Å². The third-order valence-corrected chi connectivity index (χ3v) is 4.16. The molecule has 0 aliphatic rings. The molecule has 0 saturated heterocycles. The minimum absolute atomic E-state index is 0.0902. The first kappa shape index (κ1) is 16.6. The van der Waals surface area contributed by atoms with Crippen LogP contribution in [0.25, 0.3) is 0 Å². The second kappa shape index (κ2) is 8.00. The number of nitrogens with zero attached hydrogens (tertiary/aromatic N) is 1. The molecule has 1 aromatic rings. The van der Waals surface area contributed by atoms with Gasteiger partial charge in [-0.3, -0.25) is 0 Å². The van der Waals surface area contributed by atoms with Gasteiger partial charge in [0.25, 0.3) is 0 Å². The number of rotatable bonds is 8. The lowest BCUT2D eigenvalue weighted by Gasteiger charge is -2.31. The van der Waals surface area contributed by atoms with Crippen LogP contribution in [0.5, 0.6) is 0 Å². The lowest BCUT2D eigenvalue weighted by molar-refractivity contribution is 0.168. The lowest BCUT2D eigenvalue weighted by atomic mass is 9.93. The Morgan fingerprint density at radius 3 is 2.26 bits per heavy atom. The fourth-order valence-corrected chi connectivity index (χ4v) is 2.36. The lowest BCUT2D eigenvalue weighted by Crippen LogP contribution is -2.46. The second-order valence-corrected chi connectivity index (χ2v) is 5.87. The summed E-state index contributed by atoms with van der Waals surface area (Å²) in [7, 11) is 0. The number of hydrogen-bond donors (Lipinski definition) is 2. The molecule has 0 radical (unpaired) electrons. The Labute approximate surface area is 125 Å². The monoisotopic (exact) mass is 328 g/mol. The number of halogens is 1. The van der Waals surface area contributed by atoms with Crippen LogP contribution in [0.1, 0.15) is 26.3 Å². The van der Waals surface area contributed by atoms with Crippen molar-refractivity contribution in [2.75, 3.05) is 32.8 Å². The SMILES string of the molecule is CCN(CC)CCNC(C)(CO)c1ccc(Br)cc1. The fourth-order valence-electron chi connectivity index (χ4n) is 2.10. The van der Waals surface area contributed by atoms with E-state index in [-0.39, 0.29) is 12.1 Å². The van der Waals surface area contributed by atoms with Gasteiger partial charge in [0.05, 0.1) is 12.1 Å². The minimum atomic E-state index is -0.381. The van der Waals surface area contributed by atoms with E-state index >= 15 is 0 Å². The van der Waals surface area contributed by atoms with Crippen molar-refractivity contribution >= 4 is 15.9 Å². The van der Waals surface area contributed by atoms with Crippen LogP contribution in [-0.2, 0) is 5.54 Å². The molecule has 0 aliphatic heterocycles. The summed E-state index contributed by atoms with van der Waals surface area (Å²) >= 11 is 3.43. The van der Waals surface area contributed by atoms with Gasteiger partial charge in [0.15, 0.2) is 0 Å². The highest BCUT2D eigenvalue weighted by molar-refractivity contribution is 9.10. The van der Waals surface area contributed by atoms with E-state index in [0.717, 1.165) is 36.2 Å². The van der Waals surface area contributed by atoms with E-state index in [4.69, 9.17) is 0 Å². The van der Waals surface area contributed by atoms with Crippen molar-refractivity contribution in [3.63, 3.8) is 0 Å². The standard InChI is InChI=1S/C15H25BrN2O/c1-4-18(5-2)11-10-17-15(3,12-19)13-6-8-14(16)9-7-13/h6-9,17,19H,4-5,10-12H2,1-3H3. The summed E-state index contributed by atoms with van der Waals surface area (Å²) in [6.45, 7) is 10.5. The van der Waals surface area contributed by atoms with Crippen LogP contribution in [0.4, 0.5) is 0 Å². The van der Waals surface area contributed by atoms with E-state index in [0.29, 0.717) is 0 Å². The molecule has 0 saturated carbocycles. The van der Waals surface area contributed by atoms with Crippen molar-refractivity contribution in [3.8, 4) is 0 Å². The van der Waals surface area contributed by atoms with Gasteiger partial charge < -0.3 is 15.3 Å². The first-order valence-corrected chi connectivity index (χ1v) is 7.69. The quantitative estimate of drug-likeness (QED) is 0.770. The Morgan fingerprint density at radius 2 is 1.79 bits per heavy atom. The van der Waals surface area contributed by atoms with E-state index in [1.807, 2.05) is 31.2 Å². The van der Waals surface area contributed by atoms with Crippen molar-refractivity contribution in [2.24, 2.45) is 0 Å². The molecule has 0 aromatic heterocycles. The van der Waals surface area contributed by atoms with Crippen molar-refractivity contribution in [1.82, 2.24) is 10.2 Å². The third kappa shape index (κ3) is 4.88. The fraction of sp³-hybridized carbons (Fsp3) is 0.600. The Kier molecular flexibility index (Phi) is 7.00. The largest absolute Gasteiger partial charge is 0.394 e. The smallest absolute Gasteiger partial charge is 0.0652 e. The van der Waals surface area contributed by atoms with Crippen molar-refractivity contribution in [2.45, 2.75) is 26.3 Å². The normalized spacial score (nSPS) is 14.6. The van der Waals surface area contributed by atoms with Crippen LogP contribution in [0.15, 0.2) is 28.7 Å². The number of aliphatic hydroxyl groups excluding tert-OH is 1. The van der Waals surface area contributed by atoms with Gasteiger partial charge in [-0.1, -0.05) is 41.9 Å². The van der Waals surface area contributed by atoms with Gasteiger partial charge in [-0.15, -0.1) is 0 Å². The molecule has 1 aromatic carbocycles. The molecule has 108 valence electrons. The maximum absolute atomic E-state index is 9.70. The Hall–Kier alpha value is -0.420. The molecule has 0 amide bonds. The molecule has 0 bridgehead atoms. The van der Waals surface area contributed by atoms with Gasteiger partial charge in [0.2, 0.25) is 0 Å². The topological polar surface area (TPSA) is 35.5 Å². The van der Waals surface area contributed by atoms with Crippen LogP contribution >= 0.6 is 15.9 Å². The summed E-state index contributed by atoms with van der Waals surface area (Å²) in [5, 5.41) is 13.2. The highest BCUT2D eigenvalue weighted by Crippen LogP contribution is 2.22. The summed E-state index contributed by atoms with van der Waals surface area (Å²) in [6.07, 6.45) is 0. The van der Waals surface area contributed by atoms with E-state index in [9.17, 15) is 5.11 Å². The Balaban J connectivity index is 2.62. The molecule has 1 rings (SSSR count). The zero-order valence-corrected chi connectivity index (χ0v) is 13.7. The summed E-state index contributed by atoms with van der Waals surface area (Å²) < 4.78 is 1.06. The molecule has 0 spiro atoms. The zero-order chi connectivity index (χ0) is 14.3. The van der Waals surface area contributed by atoms with E-state index in [2.05, 4.69) is 40.0 Å². The van der Waals surface area contributed by atoms with Gasteiger partial charge >= 0.3 is 0 Å². The highest BCUT2D eigenvalue weighted by Gasteiger charge is 2.24. The van der Waals surface area contributed by atoms with Crippen molar-refractivity contribution in [3.05, 3.63) is 34.3 Å². The van der Waals surface area contributed by atoms with E-state index in [1.165, 1.54) is 0 Å². The molecule has 1 atom stereocenters. The summed E-state index contributed by atoms with van der Waals surface area (Å²) in [5.74, 6) is 0. The average Bonchev–Trinajstić information content (AvgIpc) is 2.44. The number of hydrogen-bond acceptors (Lipinski definition) is 3. The van der Waals surface area contributed by atoms with Crippen molar-refractivity contribution < 1.29 is 5.11 Å². The number of benzene rings is 1. The summed E-state index contributed by atoms with van der Waals surface area (Å²) in [6, 6.07) is 8.11. The number of aliphatic hydroxyl groups is 1. The van der Waals surface area contributed by atoms with Gasteiger partial charge in [-0.25, -0.2) is 0 Å². The van der Waals surface area contributed by atoms with Crippen LogP contribution < -0.4 is 5.32 Å². The number of likely N-dealkylation sites (N-methyl/N-ethyl adjacent to an activating group) is 1. The second-order valence-electron chi connectivity index (χ2n) is 4.95. The van der Waals surface area contributed by atoms with Gasteiger partial charge in [-0.05, 0) is 37.7 Å². The molecule has 2 N–H and O–H groups in total. The summed E-state index contributed by atoms with van der Waals surface area (Å²) in [4.78, 5) is 2.37. The highest BCUT2D eigenvalue weighted by atomic mass is 79.9. The van der Waals surface area contributed by atoms with Crippen LogP contribution in [0.2, 0.25) is 0 Å². The predicted molar refractivity (Wildman–Crippen MR) is 84.4 cm³/mol. The van der Waals surface area contributed by atoms with Gasteiger partial charge in [0.1, 0.15) is 0 Å². The Morgan fingerprint density at radius 1 is 1.21 bits per heavy atom. The van der Waals surface area contributed by atoms with E-state index in [1.54, 1.807) is 0 Å². The Bertz CT molecular complexity index is 365. The van der Waals surface area contributed by atoms with Crippen LogP contribution in [0.3, 0.4) is 0 Å². The maximum Gasteiger partial charge on any atom is 0.0652 e.